The van der Waals surface area contributed by atoms with Gasteiger partial charge in [0.25, 0.3) is 5.91 Å². The summed E-state index contributed by atoms with van der Waals surface area (Å²) in [4.78, 5) is 16.6. The molecule has 6 heteroatoms. The molecule has 2 aromatic rings. The maximum Gasteiger partial charge on any atom is 0.256 e. The van der Waals surface area contributed by atoms with Crippen LogP contribution < -0.4 is 10.6 Å². The Balaban J connectivity index is 1.70. The second kappa shape index (κ2) is 5.20. The van der Waals surface area contributed by atoms with E-state index in [4.69, 9.17) is 0 Å². The van der Waals surface area contributed by atoms with Crippen LogP contribution in [0.4, 0.5) is 0 Å². The first-order valence-electron chi connectivity index (χ1n) is 6.99. The van der Waals surface area contributed by atoms with E-state index >= 15 is 0 Å². The van der Waals surface area contributed by atoms with Crippen LogP contribution in [0.25, 0.3) is 5.65 Å². The lowest BCUT2D eigenvalue weighted by Crippen LogP contribution is -2.32. The van der Waals surface area contributed by atoms with Crippen molar-refractivity contribution >= 4 is 11.6 Å². The lowest BCUT2D eigenvalue weighted by molar-refractivity contribution is 0.0955. The van der Waals surface area contributed by atoms with Gasteiger partial charge in [0.15, 0.2) is 5.65 Å². The molecule has 0 radical (unpaired) electrons. The minimum atomic E-state index is -0.116. The Kier molecular flexibility index (Phi) is 3.40. The van der Waals surface area contributed by atoms with Crippen molar-refractivity contribution in [2.75, 3.05) is 13.1 Å². The molecule has 1 amide bonds. The minimum Gasteiger partial charge on any atom is -0.351 e. The predicted octanol–water partition coefficient (Wildman–Crippen LogP) is 0.828. The maximum absolute atomic E-state index is 12.2. The van der Waals surface area contributed by atoms with Crippen molar-refractivity contribution < 1.29 is 4.79 Å². The molecular formula is C14H19N5O. The van der Waals surface area contributed by atoms with E-state index in [9.17, 15) is 4.79 Å². The SMILES string of the molecule is Cc1cc(C)n2ncc(C(=O)NCCNC3CC3)c2n1. The quantitative estimate of drug-likeness (QED) is 0.792. The number of hydrogen-bond donors (Lipinski definition) is 2. The summed E-state index contributed by atoms with van der Waals surface area (Å²) >= 11 is 0. The maximum atomic E-state index is 12.2. The molecule has 3 rings (SSSR count). The van der Waals surface area contributed by atoms with E-state index in [0.717, 1.165) is 17.9 Å². The molecule has 20 heavy (non-hydrogen) atoms. The third-order valence-electron chi connectivity index (χ3n) is 3.44. The number of fused-ring (bicyclic) bond motifs is 1. The first kappa shape index (κ1) is 13.1. The summed E-state index contributed by atoms with van der Waals surface area (Å²) < 4.78 is 1.70. The first-order valence-corrected chi connectivity index (χ1v) is 6.99. The molecule has 0 spiro atoms. The smallest absolute Gasteiger partial charge is 0.256 e. The van der Waals surface area contributed by atoms with Gasteiger partial charge in [0, 0.05) is 30.5 Å². The Morgan fingerprint density at radius 1 is 1.40 bits per heavy atom. The van der Waals surface area contributed by atoms with Crippen molar-refractivity contribution in [3.63, 3.8) is 0 Å². The summed E-state index contributed by atoms with van der Waals surface area (Å²) in [6.07, 6.45) is 4.09. The van der Waals surface area contributed by atoms with Gasteiger partial charge in [0.05, 0.1) is 6.20 Å². The van der Waals surface area contributed by atoms with Gasteiger partial charge in [-0.25, -0.2) is 9.50 Å². The van der Waals surface area contributed by atoms with Crippen LogP contribution in [0.1, 0.15) is 34.6 Å². The average Bonchev–Trinajstić information content (AvgIpc) is 3.12. The highest BCUT2D eigenvalue weighted by Crippen LogP contribution is 2.17. The Bertz CT molecular complexity index is 644. The minimum absolute atomic E-state index is 0.116. The summed E-state index contributed by atoms with van der Waals surface area (Å²) in [5.74, 6) is -0.116. The molecular weight excluding hydrogens is 254 g/mol. The van der Waals surface area contributed by atoms with Crippen LogP contribution in [-0.4, -0.2) is 39.6 Å². The Labute approximate surface area is 117 Å². The number of carbonyl (C=O) groups excluding carboxylic acids is 1. The number of hydrogen-bond acceptors (Lipinski definition) is 4. The molecule has 0 atom stereocenters. The zero-order chi connectivity index (χ0) is 14.1. The number of rotatable bonds is 5. The summed E-state index contributed by atoms with van der Waals surface area (Å²) in [7, 11) is 0. The number of amides is 1. The third-order valence-corrected chi connectivity index (χ3v) is 3.44. The Morgan fingerprint density at radius 3 is 2.95 bits per heavy atom. The fourth-order valence-corrected chi connectivity index (χ4v) is 2.27. The highest BCUT2D eigenvalue weighted by Gasteiger charge is 2.20. The van der Waals surface area contributed by atoms with Crippen molar-refractivity contribution in [2.24, 2.45) is 0 Å². The molecule has 2 aromatic heterocycles. The van der Waals surface area contributed by atoms with Crippen LogP contribution in [0.2, 0.25) is 0 Å². The molecule has 2 heterocycles. The molecule has 0 bridgehead atoms. The summed E-state index contributed by atoms with van der Waals surface area (Å²) in [6, 6.07) is 2.61. The van der Waals surface area contributed by atoms with E-state index in [1.54, 1.807) is 10.7 Å². The topological polar surface area (TPSA) is 71.3 Å². The highest BCUT2D eigenvalue weighted by molar-refractivity contribution is 5.99. The van der Waals surface area contributed by atoms with Crippen molar-refractivity contribution in [1.82, 2.24) is 25.2 Å². The molecule has 0 unspecified atom stereocenters. The molecule has 1 aliphatic rings. The molecule has 1 fully saturated rings. The van der Waals surface area contributed by atoms with E-state index < -0.39 is 0 Å². The van der Waals surface area contributed by atoms with Gasteiger partial charge >= 0.3 is 0 Å². The Hall–Kier alpha value is -1.95. The van der Waals surface area contributed by atoms with Crippen LogP contribution in [-0.2, 0) is 0 Å². The second-order valence-corrected chi connectivity index (χ2v) is 5.32. The number of aryl methyl sites for hydroxylation is 2. The predicted molar refractivity (Wildman–Crippen MR) is 75.8 cm³/mol. The zero-order valence-electron chi connectivity index (χ0n) is 11.8. The van der Waals surface area contributed by atoms with Gasteiger partial charge in [-0.1, -0.05) is 0 Å². The molecule has 2 N–H and O–H groups in total. The molecule has 0 saturated heterocycles. The lowest BCUT2D eigenvalue weighted by Gasteiger charge is -2.05. The Morgan fingerprint density at radius 2 is 2.20 bits per heavy atom. The molecule has 6 nitrogen and oxygen atoms in total. The van der Waals surface area contributed by atoms with Crippen molar-refractivity contribution in [3.8, 4) is 0 Å². The van der Waals surface area contributed by atoms with E-state index in [0.29, 0.717) is 23.8 Å². The molecule has 106 valence electrons. The molecule has 1 saturated carbocycles. The van der Waals surface area contributed by atoms with Crippen LogP contribution in [0, 0.1) is 13.8 Å². The van der Waals surface area contributed by atoms with Gasteiger partial charge in [0.2, 0.25) is 0 Å². The van der Waals surface area contributed by atoms with Crippen molar-refractivity contribution in [2.45, 2.75) is 32.7 Å². The van der Waals surface area contributed by atoms with Crippen molar-refractivity contribution in [1.29, 1.82) is 0 Å². The van der Waals surface area contributed by atoms with Crippen LogP contribution in [0.15, 0.2) is 12.3 Å². The molecule has 0 aliphatic heterocycles. The number of aromatic nitrogens is 3. The van der Waals surface area contributed by atoms with Gasteiger partial charge in [0.1, 0.15) is 5.56 Å². The highest BCUT2D eigenvalue weighted by atomic mass is 16.1. The number of nitrogens with one attached hydrogen (secondary N) is 2. The van der Waals surface area contributed by atoms with E-state index in [-0.39, 0.29) is 5.91 Å². The third kappa shape index (κ3) is 2.65. The van der Waals surface area contributed by atoms with Crippen LogP contribution in [0.3, 0.4) is 0 Å². The van der Waals surface area contributed by atoms with Gasteiger partial charge in [-0.05, 0) is 32.8 Å². The zero-order valence-corrected chi connectivity index (χ0v) is 11.8. The van der Waals surface area contributed by atoms with Crippen LogP contribution in [0.5, 0.6) is 0 Å². The van der Waals surface area contributed by atoms with Crippen LogP contribution >= 0.6 is 0 Å². The van der Waals surface area contributed by atoms with E-state index in [1.165, 1.54) is 12.8 Å². The number of nitrogens with zero attached hydrogens (tertiary/aromatic N) is 3. The lowest BCUT2D eigenvalue weighted by atomic mass is 10.3. The second-order valence-electron chi connectivity index (χ2n) is 5.32. The molecule has 1 aliphatic carbocycles. The monoisotopic (exact) mass is 273 g/mol. The normalized spacial score (nSPS) is 14.7. The first-order chi connectivity index (χ1) is 9.65. The van der Waals surface area contributed by atoms with Gasteiger partial charge in [-0.3, -0.25) is 4.79 Å². The fraction of sp³-hybridized carbons (Fsp3) is 0.500. The largest absolute Gasteiger partial charge is 0.351 e. The van der Waals surface area contributed by atoms with Crippen molar-refractivity contribution in [3.05, 3.63) is 29.2 Å². The average molecular weight is 273 g/mol. The molecule has 0 aromatic carbocycles. The fourth-order valence-electron chi connectivity index (χ4n) is 2.27. The summed E-state index contributed by atoms with van der Waals surface area (Å²) in [6.45, 7) is 5.30. The van der Waals surface area contributed by atoms with Gasteiger partial charge in [-0.15, -0.1) is 0 Å². The van der Waals surface area contributed by atoms with E-state index in [2.05, 4.69) is 20.7 Å². The van der Waals surface area contributed by atoms with Gasteiger partial charge < -0.3 is 10.6 Å². The van der Waals surface area contributed by atoms with Gasteiger partial charge in [-0.2, -0.15) is 5.10 Å². The number of carbonyl (C=O) groups is 1. The standard InChI is InChI=1S/C14H19N5O/c1-9-7-10(2)19-13(18-9)12(8-17-19)14(20)16-6-5-15-11-3-4-11/h7-8,11,15H,3-6H2,1-2H3,(H,16,20). The van der Waals surface area contributed by atoms with E-state index in [1.807, 2.05) is 19.9 Å². The summed E-state index contributed by atoms with van der Waals surface area (Å²) in [5.41, 5.74) is 3.01. The summed E-state index contributed by atoms with van der Waals surface area (Å²) in [5, 5.41) is 10.5.